The Morgan fingerprint density at radius 3 is 2.33 bits per heavy atom. The summed E-state index contributed by atoms with van der Waals surface area (Å²) in [4.78, 5) is 24.1. The molecule has 0 aliphatic carbocycles. The van der Waals surface area contributed by atoms with Crippen molar-refractivity contribution in [3.05, 3.63) is 27.8 Å². The van der Waals surface area contributed by atoms with Crippen LogP contribution in [-0.4, -0.2) is 54.8 Å². The second kappa shape index (κ2) is 6.89. The molecule has 1 unspecified atom stereocenters. The van der Waals surface area contributed by atoms with Gasteiger partial charge in [0, 0.05) is 13.1 Å². The van der Waals surface area contributed by atoms with Crippen molar-refractivity contribution >= 4 is 11.6 Å². The van der Waals surface area contributed by atoms with Crippen molar-refractivity contribution in [1.29, 1.82) is 0 Å². The lowest BCUT2D eigenvalue weighted by atomic mass is 10.1. The molecule has 0 saturated heterocycles. The van der Waals surface area contributed by atoms with Gasteiger partial charge in [-0.1, -0.05) is 0 Å². The number of ether oxygens (including phenoxy) is 2. The lowest BCUT2D eigenvalue weighted by Crippen LogP contribution is -2.37. The van der Waals surface area contributed by atoms with Crippen molar-refractivity contribution in [1.82, 2.24) is 4.90 Å². The summed E-state index contributed by atoms with van der Waals surface area (Å²) in [5.74, 6) is -0.195. The molecule has 0 bridgehead atoms. The Balaban J connectivity index is 3.39. The maximum atomic E-state index is 12.4. The second-order valence-corrected chi connectivity index (χ2v) is 4.43. The molecule has 0 saturated carbocycles. The van der Waals surface area contributed by atoms with E-state index in [0.717, 1.165) is 6.07 Å². The van der Waals surface area contributed by atoms with Crippen LogP contribution < -0.4 is 9.47 Å². The Bertz CT molecular complexity index is 546. The van der Waals surface area contributed by atoms with E-state index in [1.165, 1.54) is 32.2 Å². The van der Waals surface area contributed by atoms with Crippen LogP contribution in [0.4, 0.5) is 5.69 Å². The molecule has 0 heterocycles. The number of nitro benzene ring substituents is 1. The number of carbonyl (C=O) groups excluding carboxylic acids is 1. The van der Waals surface area contributed by atoms with Crippen LogP contribution in [0.5, 0.6) is 11.5 Å². The number of likely N-dealkylation sites (N-methyl/N-ethyl adjacent to an activating group) is 1. The third-order valence-corrected chi connectivity index (χ3v) is 3.17. The number of amides is 1. The van der Waals surface area contributed by atoms with E-state index >= 15 is 0 Å². The quantitative estimate of drug-likeness (QED) is 0.622. The summed E-state index contributed by atoms with van der Waals surface area (Å²) in [7, 11) is 4.19. The van der Waals surface area contributed by atoms with E-state index < -0.39 is 16.9 Å². The number of hydrogen-bond acceptors (Lipinski definition) is 6. The Kier molecular flexibility index (Phi) is 5.48. The number of rotatable bonds is 6. The van der Waals surface area contributed by atoms with Crippen LogP contribution in [0.15, 0.2) is 12.1 Å². The zero-order valence-corrected chi connectivity index (χ0v) is 12.3. The van der Waals surface area contributed by atoms with Gasteiger partial charge in [-0.25, -0.2) is 0 Å². The smallest absolute Gasteiger partial charge is 0.286 e. The first-order valence-corrected chi connectivity index (χ1v) is 6.15. The largest absolute Gasteiger partial charge is 0.493 e. The Hall–Kier alpha value is -2.35. The molecule has 0 aliphatic rings. The zero-order valence-electron chi connectivity index (χ0n) is 12.3. The van der Waals surface area contributed by atoms with Gasteiger partial charge in [-0.15, -0.1) is 0 Å². The highest BCUT2D eigenvalue weighted by molar-refractivity contribution is 5.99. The van der Waals surface area contributed by atoms with E-state index in [2.05, 4.69) is 0 Å². The molecule has 116 valence electrons. The molecule has 0 aromatic heterocycles. The molecule has 1 amide bonds. The number of nitrogens with zero attached hydrogens (tertiary/aromatic N) is 2. The van der Waals surface area contributed by atoms with Crippen LogP contribution in [0.2, 0.25) is 0 Å². The van der Waals surface area contributed by atoms with Crippen LogP contribution in [0.3, 0.4) is 0 Å². The third-order valence-electron chi connectivity index (χ3n) is 3.17. The van der Waals surface area contributed by atoms with Crippen LogP contribution in [0.25, 0.3) is 0 Å². The first-order valence-electron chi connectivity index (χ1n) is 6.15. The number of carbonyl (C=O) groups is 1. The number of nitro groups is 1. The van der Waals surface area contributed by atoms with E-state index in [1.54, 1.807) is 6.92 Å². The fourth-order valence-electron chi connectivity index (χ4n) is 1.70. The van der Waals surface area contributed by atoms with Crippen LogP contribution in [0.1, 0.15) is 17.3 Å². The van der Waals surface area contributed by atoms with Crippen LogP contribution in [0, 0.1) is 10.1 Å². The molecule has 0 radical (unpaired) electrons. The number of benzene rings is 1. The van der Waals surface area contributed by atoms with Gasteiger partial charge in [0.15, 0.2) is 11.5 Å². The molecule has 8 nitrogen and oxygen atoms in total. The molecule has 8 heteroatoms. The minimum absolute atomic E-state index is 0.125. The molecule has 1 atom stereocenters. The maximum absolute atomic E-state index is 12.4. The molecule has 0 fully saturated rings. The maximum Gasteiger partial charge on any atom is 0.286 e. The van der Waals surface area contributed by atoms with Gasteiger partial charge >= 0.3 is 0 Å². The van der Waals surface area contributed by atoms with Crippen molar-refractivity contribution in [3.8, 4) is 11.5 Å². The number of aliphatic hydroxyl groups is 1. The summed E-state index contributed by atoms with van der Waals surface area (Å²) in [5.41, 5.74) is -0.505. The number of hydrogen-bond donors (Lipinski definition) is 1. The first kappa shape index (κ1) is 16.7. The minimum Gasteiger partial charge on any atom is -0.493 e. The molecule has 1 N–H and O–H groups in total. The fourth-order valence-corrected chi connectivity index (χ4v) is 1.70. The van der Waals surface area contributed by atoms with E-state index in [4.69, 9.17) is 14.6 Å². The SMILES string of the molecule is COc1cc(C(=O)N(C)C(C)CO)c([N+](=O)[O-])cc1OC. The molecule has 0 aliphatic heterocycles. The third kappa shape index (κ3) is 3.40. The van der Waals surface area contributed by atoms with Crippen molar-refractivity contribution in [2.45, 2.75) is 13.0 Å². The Morgan fingerprint density at radius 2 is 1.90 bits per heavy atom. The van der Waals surface area contributed by atoms with Gasteiger partial charge in [0.05, 0.1) is 37.9 Å². The summed E-state index contributed by atoms with van der Waals surface area (Å²) in [6, 6.07) is 1.94. The summed E-state index contributed by atoms with van der Waals surface area (Å²) < 4.78 is 10.1. The predicted octanol–water partition coefficient (Wildman–Crippen LogP) is 1.06. The van der Waals surface area contributed by atoms with Crippen molar-refractivity contribution in [3.63, 3.8) is 0 Å². The Morgan fingerprint density at radius 1 is 1.38 bits per heavy atom. The molecule has 1 aromatic rings. The molecular weight excluding hydrogens is 280 g/mol. The monoisotopic (exact) mass is 298 g/mol. The standard InChI is InChI=1S/C13H18N2O6/c1-8(7-16)14(2)13(17)9-5-11(20-3)12(21-4)6-10(9)15(18)19/h5-6,8,16H,7H2,1-4H3. The van der Waals surface area contributed by atoms with E-state index in [0.29, 0.717) is 0 Å². The molecular formula is C13H18N2O6. The van der Waals surface area contributed by atoms with Gasteiger partial charge in [0.2, 0.25) is 0 Å². The lowest BCUT2D eigenvalue weighted by Gasteiger charge is -2.23. The van der Waals surface area contributed by atoms with Crippen molar-refractivity contribution in [2.75, 3.05) is 27.9 Å². The highest BCUT2D eigenvalue weighted by Gasteiger charge is 2.28. The topological polar surface area (TPSA) is 102 Å². The van der Waals surface area contributed by atoms with Gasteiger partial charge in [0.1, 0.15) is 5.56 Å². The van der Waals surface area contributed by atoms with E-state index in [-0.39, 0.29) is 29.4 Å². The average molecular weight is 298 g/mol. The minimum atomic E-state index is -0.660. The molecule has 21 heavy (non-hydrogen) atoms. The second-order valence-electron chi connectivity index (χ2n) is 4.43. The van der Waals surface area contributed by atoms with Crippen molar-refractivity contribution < 1.29 is 24.3 Å². The van der Waals surface area contributed by atoms with Gasteiger partial charge in [0.25, 0.3) is 11.6 Å². The molecule has 0 spiro atoms. The van der Waals surface area contributed by atoms with Crippen LogP contribution >= 0.6 is 0 Å². The summed E-state index contributed by atoms with van der Waals surface area (Å²) in [6.07, 6.45) is 0. The number of methoxy groups -OCH3 is 2. The summed E-state index contributed by atoms with van der Waals surface area (Å²) >= 11 is 0. The number of aliphatic hydroxyl groups excluding tert-OH is 1. The van der Waals surface area contributed by atoms with Gasteiger partial charge in [-0.3, -0.25) is 14.9 Å². The molecule has 1 aromatic carbocycles. The van der Waals surface area contributed by atoms with Gasteiger partial charge in [-0.2, -0.15) is 0 Å². The highest BCUT2D eigenvalue weighted by atomic mass is 16.6. The zero-order chi connectivity index (χ0) is 16.2. The fraction of sp³-hybridized carbons (Fsp3) is 0.462. The first-order chi connectivity index (χ1) is 9.87. The van der Waals surface area contributed by atoms with Crippen molar-refractivity contribution in [2.24, 2.45) is 0 Å². The average Bonchev–Trinajstić information content (AvgIpc) is 2.50. The Labute approximate surface area is 122 Å². The van der Waals surface area contributed by atoms with E-state index in [1.807, 2.05) is 0 Å². The lowest BCUT2D eigenvalue weighted by molar-refractivity contribution is -0.385. The predicted molar refractivity (Wildman–Crippen MR) is 74.8 cm³/mol. The van der Waals surface area contributed by atoms with Gasteiger partial charge < -0.3 is 19.5 Å². The summed E-state index contributed by atoms with van der Waals surface area (Å²) in [5, 5.41) is 20.2. The van der Waals surface area contributed by atoms with Crippen LogP contribution in [-0.2, 0) is 0 Å². The van der Waals surface area contributed by atoms with E-state index in [9.17, 15) is 14.9 Å². The molecule has 1 rings (SSSR count). The normalized spacial score (nSPS) is 11.7. The van der Waals surface area contributed by atoms with Gasteiger partial charge in [-0.05, 0) is 6.92 Å². The highest BCUT2D eigenvalue weighted by Crippen LogP contribution is 2.35. The summed E-state index contributed by atoms with van der Waals surface area (Å²) in [6.45, 7) is 1.38.